The first-order valence-electron chi connectivity index (χ1n) is 2.96. The van der Waals surface area contributed by atoms with E-state index in [-0.39, 0.29) is 0 Å². The van der Waals surface area contributed by atoms with Crippen LogP contribution in [-0.4, -0.2) is 9.61 Å². The molecule has 0 amide bonds. The van der Waals surface area contributed by atoms with Gasteiger partial charge in [-0.05, 0) is 40.2 Å². The molecule has 0 aliphatic heterocycles. The lowest BCUT2D eigenvalue weighted by Crippen LogP contribution is -1.87. The minimum absolute atomic E-state index is 0.989. The van der Waals surface area contributed by atoms with Crippen LogP contribution >= 0.6 is 15.9 Å². The highest BCUT2D eigenvalue weighted by Gasteiger charge is 1.94. The van der Waals surface area contributed by atoms with Crippen molar-refractivity contribution in [3.05, 3.63) is 35.1 Å². The van der Waals surface area contributed by atoms with Crippen LogP contribution in [-0.2, 0) is 0 Å². The lowest BCUT2D eigenvalue weighted by Gasteiger charge is -1.91. The predicted molar refractivity (Wildman–Crippen MR) is 42.9 cm³/mol. The van der Waals surface area contributed by atoms with Crippen molar-refractivity contribution in [2.45, 2.75) is 0 Å². The summed E-state index contributed by atoms with van der Waals surface area (Å²) in [6, 6.07) is 7.92. The third-order valence-electron chi connectivity index (χ3n) is 1.37. The fraction of sp³-hybridized carbons (Fsp3) is 0. The molecule has 3 heteroatoms. The summed E-state index contributed by atoms with van der Waals surface area (Å²) in [5.41, 5.74) is 1.11. The van der Waals surface area contributed by atoms with Gasteiger partial charge in [-0.2, -0.15) is 5.10 Å². The summed E-state index contributed by atoms with van der Waals surface area (Å²) in [5, 5.41) is 4.11. The summed E-state index contributed by atoms with van der Waals surface area (Å²) in [6.07, 6.45) is 1.76. The molecule has 2 nitrogen and oxygen atoms in total. The van der Waals surface area contributed by atoms with E-state index in [1.807, 2.05) is 28.8 Å². The minimum atomic E-state index is 0.989. The Kier molecular flexibility index (Phi) is 1.24. The Morgan fingerprint density at radius 1 is 1.30 bits per heavy atom. The molecule has 0 aromatic carbocycles. The highest BCUT2D eigenvalue weighted by molar-refractivity contribution is 9.10. The van der Waals surface area contributed by atoms with Crippen molar-refractivity contribution in [3.8, 4) is 0 Å². The van der Waals surface area contributed by atoms with Gasteiger partial charge < -0.3 is 0 Å². The van der Waals surface area contributed by atoms with Crippen molar-refractivity contribution in [2.24, 2.45) is 0 Å². The highest BCUT2D eigenvalue weighted by Crippen LogP contribution is 2.12. The molecule has 2 aromatic rings. The SMILES string of the molecule is Brc1ccc2cccnn12. The van der Waals surface area contributed by atoms with Gasteiger partial charge in [0.25, 0.3) is 0 Å². The highest BCUT2D eigenvalue weighted by atomic mass is 79.9. The molecular formula is C7H5BrN2. The molecule has 2 heterocycles. The van der Waals surface area contributed by atoms with Crippen LogP contribution in [0.1, 0.15) is 0 Å². The van der Waals surface area contributed by atoms with Crippen molar-refractivity contribution in [3.63, 3.8) is 0 Å². The zero-order chi connectivity index (χ0) is 6.97. The largest absolute Gasteiger partial charge is 0.227 e. The molecule has 0 aliphatic carbocycles. The van der Waals surface area contributed by atoms with Gasteiger partial charge in [0.15, 0.2) is 0 Å². The summed E-state index contributed by atoms with van der Waals surface area (Å²) in [6.45, 7) is 0. The first kappa shape index (κ1) is 5.92. The Labute approximate surface area is 66.6 Å². The number of hydrogen-bond acceptors (Lipinski definition) is 1. The second-order valence-electron chi connectivity index (χ2n) is 2.02. The van der Waals surface area contributed by atoms with Crippen LogP contribution in [0.5, 0.6) is 0 Å². The van der Waals surface area contributed by atoms with Gasteiger partial charge in [0.1, 0.15) is 4.60 Å². The second-order valence-corrected chi connectivity index (χ2v) is 2.83. The Hall–Kier alpha value is -0.830. The number of halogens is 1. The molecule has 0 bridgehead atoms. The molecule has 2 rings (SSSR count). The topological polar surface area (TPSA) is 17.3 Å². The standard InChI is InChI=1S/C7H5BrN2/c8-7-4-3-6-2-1-5-9-10(6)7/h1-5H. The summed E-state index contributed by atoms with van der Waals surface area (Å²) in [5.74, 6) is 0. The number of hydrogen-bond donors (Lipinski definition) is 0. The van der Waals surface area contributed by atoms with Crippen molar-refractivity contribution < 1.29 is 0 Å². The van der Waals surface area contributed by atoms with Crippen molar-refractivity contribution >= 4 is 21.4 Å². The van der Waals surface area contributed by atoms with E-state index in [1.165, 1.54) is 0 Å². The van der Waals surface area contributed by atoms with E-state index in [9.17, 15) is 0 Å². The minimum Gasteiger partial charge on any atom is -0.227 e. The first-order valence-corrected chi connectivity index (χ1v) is 3.75. The number of aromatic nitrogens is 2. The lowest BCUT2D eigenvalue weighted by atomic mass is 10.5. The van der Waals surface area contributed by atoms with Crippen LogP contribution in [0.4, 0.5) is 0 Å². The Bertz CT molecular complexity index is 353. The van der Waals surface area contributed by atoms with Crippen LogP contribution in [0, 0.1) is 0 Å². The summed E-state index contributed by atoms with van der Waals surface area (Å²) in [7, 11) is 0. The third kappa shape index (κ3) is 0.743. The first-order chi connectivity index (χ1) is 4.88. The van der Waals surface area contributed by atoms with E-state index < -0.39 is 0 Å². The normalized spacial score (nSPS) is 10.5. The van der Waals surface area contributed by atoms with E-state index >= 15 is 0 Å². The van der Waals surface area contributed by atoms with Crippen molar-refractivity contribution in [1.82, 2.24) is 9.61 Å². The molecular weight excluding hydrogens is 192 g/mol. The van der Waals surface area contributed by atoms with E-state index in [1.54, 1.807) is 6.20 Å². The Morgan fingerprint density at radius 3 is 3.00 bits per heavy atom. The second kappa shape index (κ2) is 2.09. The molecule has 0 saturated heterocycles. The van der Waals surface area contributed by atoms with Gasteiger partial charge in [0.2, 0.25) is 0 Å². The third-order valence-corrected chi connectivity index (χ3v) is 1.97. The molecule has 0 N–H and O–H groups in total. The van der Waals surface area contributed by atoms with E-state index in [4.69, 9.17) is 0 Å². The van der Waals surface area contributed by atoms with Crippen molar-refractivity contribution in [2.75, 3.05) is 0 Å². The molecule has 0 fully saturated rings. The number of fused-ring (bicyclic) bond motifs is 1. The fourth-order valence-corrected chi connectivity index (χ4v) is 1.34. The maximum Gasteiger partial charge on any atom is 0.108 e. The number of nitrogens with zero attached hydrogens (tertiary/aromatic N) is 2. The smallest absolute Gasteiger partial charge is 0.108 e. The Morgan fingerprint density at radius 2 is 2.20 bits per heavy atom. The van der Waals surface area contributed by atoms with Gasteiger partial charge in [-0.1, -0.05) is 0 Å². The van der Waals surface area contributed by atoms with E-state index in [0.717, 1.165) is 10.1 Å². The molecule has 0 unspecified atom stereocenters. The van der Waals surface area contributed by atoms with E-state index in [0.29, 0.717) is 0 Å². The van der Waals surface area contributed by atoms with Gasteiger partial charge in [0.05, 0.1) is 5.52 Å². The average molecular weight is 197 g/mol. The lowest BCUT2D eigenvalue weighted by molar-refractivity contribution is 0.919. The molecule has 50 valence electrons. The van der Waals surface area contributed by atoms with Crippen LogP contribution in [0.3, 0.4) is 0 Å². The van der Waals surface area contributed by atoms with Crippen LogP contribution in [0.15, 0.2) is 35.1 Å². The van der Waals surface area contributed by atoms with E-state index in [2.05, 4.69) is 21.0 Å². The zero-order valence-corrected chi connectivity index (χ0v) is 6.75. The fourth-order valence-electron chi connectivity index (χ4n) is 0.913. The molecule has 0 aliphatic rings. The summed E-state index contributed by atoms with van der Waals surface area (Å²) >= 11 is 3.37. The maximum absolute atomic E-state index is 4.11. The summed E-state index contributed by atoms with van der Waals surface area (Å²) < 4.78 is 2.82. The molecule has 0 radical (unpaired) electrons. The quantitative estimate of drug-likeness (QED) is 0.632. The van der Waals surface area contributed by atoms with Gasteiger partial charge in [-0.3, -0.25) is 0 Å². The number of rotatable bonds is 0. The van der Waals surface area contributed by atoms with Crippen LogP contribution in [0.25, 0.3) is 5.52 Å². The predicted octanol–water partition coefficient (Wildman–Crippen LogP) is 2.10. The summed E-state index contributed by atoms with van der Waals surface area (Å²) in [4.78, 5) is 0. The maximum atomic E-state index is 4.11. The average Bonchev–Trinajstić information content (AvgIpc) is 2.34. The van der Waals surface area contributed by atoms with Gasteiger partial charge in [-0.25, -0.2) is 4.52 Å². The van der Waals surface area contributed by atoms with Gasteiger partial charge >= 0.3 is 0 Å². The van der Waals surface area contributed by atoms with Crippen LogP contribution in [0.2, 0.25) is 0 Å². The Balaban J connectivity index is 2.93. The van der Waals surface area contributed by atoms with Crippen LogP contribution < -0.4 is 0 Å². The monoisotopic (exact) mass is 196 g/mol. The molecule has 2 aromatic heterocycles. The molecule has 0 spiro atoms. The molecule has 10 heavy (non-hydrogen) atoms. The van der Waals surface area contributed by atoms with Gasteiger partial charge in [-0.15, -0.1) is 0 Å². The zero-order valence-electron chi connectivity index (χ0n) is 5.16. The van der Waals surface area contributed by atoms with Crippen molar-refractivity contribution in [1.29, 1.82) is 0 Å². The van der Waals surface area contributed by atoms with Gasteiger partial charge in [0, 0.05) is 6.20 Å². The molecule has 0 atom stereocenters. The molecule has 0 saturated carbocycles.